The van der Waals surface area contributed by atoms with E-state index in [1.165, 1.54) is 0 Å². The number of amides is 2. The average molecular weight is 372 g/mol. The topological polar surface area (TPSA) is 85.9 Å². The molecule has 2 rings (SSSR count). The molecule has 7 heteroatoms. The van der Waals surface area contributed by atoms with Gasteiger partial charge >= 0.3 is 0 Å². The molecule has 2 aromatic carbocycles. The Morgan fingerprint density at radius 2 is 1.63 bits per heavy atom. The van der Waals surface area contributed by atoms with Crippen LogP contribution in [0.3, 0.4) is 0 Å². The molecular weight excluding hydrogens is 348 g/mol. The van der Waals surface area contributed by atoms with Crippen LogP contribution in [-0.4, -0.2) is 38.7 Å². The molecule has 0 spiro atoms. The fourth-order valence-corrected chi connectivity index (χ4v) is 2.27. The minimum Gasteiger partial charge on any atom is -0.490 e. The van der Waals surface area contributed by atoms with E-state index in [1.807, 2.05) is 26.0 Å². The van der Waals surface area contributed by atoms with E-state index in [4.69, 9.17) is 14.2 Å². The quantitative estimate of drug-likeness (QED) is 0.548. The zero-order valence-electron chi connectivity index (χ0n) is 15.7. The maximum Gasteiger partial charge on any atom is 0.276 e. The van der Waals surface area contributed by atoms with Crippen molar-refractivity contribution in [1.82, 2.24) is 10.9 Å². The Hall–Kier alpha value is -3.06. The summed E-state index contributed by atoms with van der Waals surface area (Å²) in [6, 6.07) is 12.4. The zero-order chi connectivity index (χ0) is 19.6. The summed E-state index contributed by atoms with van der Waals surface area (Å²) in [4.78, 5) is 24.2. The lowest BCUT2D eigenvalue weighted by atomic mass is 10.1. The van der Waals surface area contributed by atoms with Crippen molar-refractivity contribution in [2.45, 2.75) is 13.8 Å². The summed E-state index contributed by atoms with van der Waals surface area (Å²) in [6.45, 7) is 4.40. The summed E-state index contributed by atoms with van der Waals surface area (Å²) < 4.78 is 15.9. The number of hydrogen-bond donors (Lipinski definition) is 2. The van der Waals surface area contributed by atoms with Gasteiger partial charge < -0.3 is 14.2 Å². The summed E-state index contributed by atoms with van der Waals surface area (Å²) >= 11 is 0. The van der Waals surface area contributed by atoms with Gasteiger partial charge in [-0.05, 0) is 43.2 Å². The van der Waals surface area contributed by atoms with Crippen LogP contribution in [0.5, 0.6) is 11.5 Å². The monoisotopic (exact) mass is 372 g/mol. The second-order valence-electron chi connectivity index (χ2n) is 5.83. The SMILES string of the molecule is COCCOc1ccccc1C(=O)NNC(=O)COc1cccc(C)c1C. The molecule has 0 fully saturated rings. The van der Waals surface area contributed by atoms with Crippen molar-refractivity contribution in [1.29, 1.82) is 0 Å². The van der Waals surface area contributed by atoms with Crippen LogP contribution >= 0.6 is 0 Å². The lowest BCUT2D eigenvalue weighted by Crippen LogP contribution is -2.44. The number of para-hydroxylation sites is 1. The van der Waals surface area contributed by atoms with Crippen LogP contribution in [-0.2, 0) is 9.53 Å². The highest BCUT2D eigenvalue weighted by Gasteiger charge is 2.13. The molecule has 27 heavy (non-hydrogen) atoms. The molecule has 0 aliphatic carbocycles. The lowest BCUT2D eigenvalue weighted by molar-refractivity contribution is -0.123. The smallest absolute Gasteiger partial charge is 0.276 e. The summed E-state index contributed by atoms with van der Waals surface area (Å²) in [5.74, 6) is 0.0893. The van der Waals surface area contributed by atoms with E-state index in [0.29, 0.717) is 30.3 Å². The second kappa shape index (κ2) is 10.2. The summed E-state index contributed by atoms with van der Waals surface area (Å²) in [7, 11) is 1.57. The lowest BCUT2D eigenvalue weighted by Gasteiger charge is -2.13. The van der Waals surface area contributed by atoms with E-state index >= 15 is 0 Å². The van der Waals surface area contributed by atoms with Gasteiger partial charge in [-0.25, -0.2) is 0 Å². The Bertz CT molecular complexity index is 792. The van der Waals surface area contributed by atoms with Crippen molar-refractivity contribution in [3.05, 3.63) is 59.2 Å². The standard InChI is InChI=1S/C20H24N2O5/c1-14-7-6-10-17(15(14)2)27-13-19(23)21-22-20(24)16-8-4-5-9-18(16)26-12-11-25-3/h4-10H,11-13H2,1-3H3,(H,21,23)(H,22,24). The van der Waals surface area contributed by atoms with Crippen LogP contribution in [0.2, 0.25) is 0 Å². The Kier molecular flexibility index (Phi) is 7.63. The number of nitrogens with one attached hydrogen (secondary N) is 2. The number of hydrazine groups is 1. The first kappa shape index (κ1) is 20.3. The van der Waals surface area contributed by atoms with Crippen molar-refractivity contribution in [2.24, 2.45) is 0 Å². The molecule has 2 N–H and O–H groups in total. The van der Waals surface area contributed by atoms with Crippen molar-refractivity contribution >= 4 is 11.8 Å². The number of hydrogen-bond acceptors (Lipinski definition) is 5. The van der Waals surface area contributed by atoms with Gasteiger partial charge in [0.1, 0.15) is 18.1 Å². The van der Waals surface area contributed by atoms with E-state index in [0.717, 1.165) is 11.1 Å². The largest absolute Gasteiger partial charge is 0.490 e. The summed E-state index contributed by atoms with van der Waals surface area (Å²) in [6.07, 6.45) is 0. The van der Waals surface area contributed by atoms with Crippen LogP contribution in [0.25, 0.3) is 0 Å². The van der Waals surface area contributed by atoms with Crippen LogP contribution in [0.4, 0.5) is 0 Å². The number of carbonyl (C=O) groups excluding carboxylic acids is 2. The highest BCUT2D eigenvalue weighted by Crippen LogP contribution is 2.20. The number of ether oxygens (including phenoxy) is 3. The van der Waals surface area contributed by atoms with Crippen LogP contribution in [0.15, 0.2) is 42.5 Å². The number of rotatable bonds is 8. The fourth-order valence-electron chi connectivity index (χ4n) is 2.27. The molecule has 0 heterocycles. The number of methoxy groups -OCH3 is 1. The third-order valence-electron chi connectivity index (χ3n) is 3.91. The molecule has 0 aliphatic heterocycles. The van der Waals surface area contributed by atoms with Gasteiger partial charge in [-0.2, -0.15) is 0 Å². The van der Waals surface area contributed by atoms with Crippen molar-refractivity contribution in [3.63, 3.8) is 0 Å². The zero-order valence-corrected chi connectivity index (χ0v) is 15.7. The maximum atomic E-state index is 12.3. The van der Waals surface area contributed by atoms with Crippen LogP contribution in [0, 0.1) is 13.8 Å². The molecule has 0 unspecified atom stereocenters. The van der Waals surface area contributed by atoms with Gasteiger partial charge in [0.05, 0.1) is 12.2 Å². The number of aryl methyl sites for hydroxylation is 1. The molecule has 0 aromatic heterocycles. The molecule has 144 valence electrons. The van der Waals surface area contributed by atoms with Crippen molar-refractivity contribution in [2.75, 3.05) is 26.9 Å². The van der Waals surface area contributed by atoms with E-state index in [-0.39, 0.29) is 6.61 Å². The number of benzene rings is 2. The minimum absolute atomic E-state index is 0.212. The van der Waals surface area contributed by atoms with Gasteiger partial charge in [0, 0.05) is 7.11 Å². The highest BCUT2D eigenvalue weighted by molar-refractivity contribution is 5.97. The Labute approximate surface area is 158 Å². The second-order valence-corrected chi connectivity index (χ2v) is 5.83. The van der Waals surface area contributed by atoms with Gasteiger partial charge in [0.25, 0.3) is 11.8 Å². The first-order chi connectivity index (χ1) is 13.0. The third kappa shape index (κ3) is 6.00. The Balaban J connectivity index is 1.86. The molecule has 0 saturated heterocycles. The van der Waals surface area contributed by atoms with Crippen molar-refractivity contribution < 1.29 is 23.8 Å². The van der Waals surface area contributed by atoms with Crippen LogP contribution in [0.1, 0.15) is 21.5 Å². The first-order valence-electron chi connectivity index (χ1n) is 8.52. The van der Waals surface area contributed by atoms with Gasteiger partial charge in [-0.1, -0.05) is 24.3 Å². The maximum absolute atomic E-state index is 12.3. The summed E-state index contributed by atoms with van der Waals surface area (Å²) in [5, 5.41) is 0. The molecule has 0 bridgehead atoms. The molecule has 0 saturated carbocycles. The molecule has 0 atom stereocenters. The molecule has 0 radical (unpaired) electrons. The van der Waals surface area contributed by atoms with Gasteiger partial charge in [-0.3, -0.25) is 20.4 Å². The predicted molar refractivity (Wildman–Crippen MR) is 101 cm³/mol. The molecule has 2 amide bonds. The summed E-state index contributed by atoms with van der Waals surface area (Å²) in [5.41, 5.74) is 7.05. The van der Waals surface area contributed by atoms with E-state index in [9.17, 15) is 9.59 Å². The first-order valence-corrected chi connectivity index (χ1v) is 8.52. The number of carbonyl (C=O) groups is 2. The van der Waals surface area contributed by atoms with E-state index < -0.39 is 11.8 Å². The van der Waals surface area contributed by atoms with Crippen molar-refractivity contribution in [3.8, 4) is 11.5 Å². The molecule has 7 nitrogen and oxygen atoms in total. The van der Waals surface area contributed by atoms with E-state index in [2.05, 4.69) is 10.9 Å². The van der Waals surface area contributed by atoms with Gasteiger partial charge in [0.2, 0.25) is 0 Å². The molecular formula is C20H24N2O5. The highest BCUT2D eigenvalue weighted by atomic mass is 16.5. The fraction of sp³-hybridized carbons (Fsp3) is 0.300. The van der Waals surface area contributed by atoms with E-state index in [1.54, 1.807) is 37.4 Å². The minimum atomic E-state index is -0.483. The van der Waals surface area contributed by atoms with Crippen LogP contribution < -0.4 is 20.3 Å². The molecule has 0 aliphatic rings. The Morgan fingerprint density at radius 3 is 2.41 bits per heavy atom. The van der Waals surface area contributed by atoms with Gasteiger partial charge in [0.15, 0.2) is 6.61 Å². The van der Waals surface area contributed by atoms with Gasteiger partial charge in [-0.15, -0.1) is 0 Å². The Morgan fingerprint density at radius 1 is 0.889 bits per heavy atom. The third-order valence-corrected chi connectivity index (χ3v) is 3.91. The normalized spacial score (nSPS) is 10.2. The molecule has 2 aromatic rings. The average Bonchev–Trinajstić information content (AvgIpc) is 2.68. The predicted octanol–water partition coefficient (Wildman–Crippen LogP) is 2.17.